The first-order valence-electron chi connectivity index (χ1n) is 6.15. The lowest BCUT2D eigenvalue weighted by Crippen LogP contribution is -2.07. The molecule has 1 amide bonds. The number of nitrogens with one attached hydrogen (secondary N) is 1. The largest absolute Gasteiger partial charge is 0.297 e. The molecular formula is C13H12N4O3S. The number of carbonyl (C=O) groups is 1. The van der Waals surface area contributed by atoms with E-state index in [1.807, 2.05) is 6.92 Å². The maximum atomic E-state index is 11.7. The minimum absolute atomic E-state index is 0.0502. The van der Waals surface area contributed by atoms with Crippen LogP contribution in [0.25, 0.3) is 6.08 Å². The van der Waals surface area contributed by atoms with Gasteiger partial charge in [0, 0.05) is 12.1 Å². The van der Waals surface area contributed by atoms with Crippen LogP contribution in [-0.2, 0) is 11.2 Å². The van der Waals surface area contributed by atoms with Gasteiger partial charge in [-0.2, -0.15) is 0 Å². The highest BCUT2D eigenvalue weighted by Crippen LogP contribution is 2.19. The average molecular weight is 304 g/mol. The van der Waals surface area contributed by atoms with E-state index in [4.69, 9.17) is 0 Å². The number of benzene rings is 1. The lowest BCUT2D eigenvalue weighted by Gasteiger charge is -1.97. The number of aryl methyl sites for hydroxylation is 1. The topological polar surface area (TPSA) is 98.0 Å². The molecule has 1 aromatic heterocycles. The smallest absolute Gasteiger partial charge is 0.276 e. The molecule has 1 aromatic carbocycles. The van der Waals surface area contributed by atoms with Gasteiger partial charge in [0.15, 0.2) is 0 Å². The van der Waals surface area contributed by atoms with Crippen LogP contribution in [0.2, 0.25) is 0 Å². The summed E-state index contributed by atoms with van der Waals surface area (Å²) in [6.45, 7) is 1.94. The molecule has 1 N–H and O–H groups in total. The lowest BCUT2D eigenvalue weighted by atomic mass is 10.1. The van der Waals surface area contributed by atoms with E-state index in [1.54, 1.807) is 18.2 Å². The second-order valence-corrected chi connectivity index (χ2v) is 5.06. The third-order valence-corrected chi connectivity index (χ3v) is 3.53. The first-order chi connectivity index (χ1) is 10.1. The van der Waals surface area contributed by atoms with Gasteiger partial charge in [0.1, 0.15) is 5.01 Å². The Morgan fingerprint density at radius 1 is 1.43 bits per heavy atom. The molecule has 0 bridgehead atoms. The van der Waals surface area contributed by atoms with E-state index in [-0.39, 0.29) is 5.69 Å². The summed E-state index contributed by atoms with van der Waals surface area (Å²) in [5.74, 6) is -0.410. The fourth-order valence-corrected chi connectivity index (χ4v) is 2.24. The van der Waals surface area contributed by atoms with Gasteiger partial charge in [-0.15, -0.1) is 10.2 Å². The summed E-state index contributed by atoms with van der Waals surface area (Å²) in [5.41, 5.74) is 0.315. The van der Waals surface area contributed by atoms with Crippen molar-refractivity contribution in [2.24, 2.45) is 0 Å². The molecule has 0 aliphatic rings. The lowest BCUT2D eigenvalue weighted by molar-refractivity contribution is -0.385. The predicted molar refractivity (Wildman–Crippen MR) is 80.0 cm³/mol. The Balaban J connectivity index is 2.07. The molecule has 0 saturated carbocycles. The van der Waals surface area contributed by atoms with Crippen molar-refractivity contribution in [3.63, 3.8) is 0 Å². The number of anilines is 1. The monoisotopic (exact) mass is 304 g/mol. The Hall–Kier alpha value is -2.61. The number of amides is 1. The minimum Gasteiger partial charge on any atom is -0.297 e. The van der Waals surface area contributed by atoms with Crippen molar-refractivity contribution in [3.05, 3.63) is 51.0 Å². The number of nitro groups is 1. The molecule has 0 radical (unpaired) electrons. The van der Waals surface area contributed by atoms with E-state index < -0.39 is 10.8 Å². The Labute approximate surface area is 124 Å². The van der Waals surface area contributed by atoms with Gasteiger partial charge in [-0.05, 0) is 18.6 Å². The van der Waals surface area contributed by atoms with Crippen molar-refractivity contribution in [2.75, 3.05) is 5.32 Å². The molecule has 0 atom stereocenters. The van der Waals surface area contributed by atoms with Crippen LogP contribution in [0.4, 0.5) is 10.8 Å². The molecular weight excluding hydrogens is 292 g/mol. The third kappa shape index (κ3) is 3.93. The third-order valence-electron chi connectivity index (χ3n) is 2.55. The normalized spacial score (nSPS) is 10.7. The van der Waals surface area contributed by atoms with Gasteiger partial charge >= 0.3 is 0 Å². The fraction of sp³-hybridized carbons (Fsp3) is 0.154. The molecule has 2 aromatic rings. The van der Waals surface area contributed by atoms with Crippen molar-refractivity contribution in [2.45, 2.75) is 13.3 Å². The number of carbonyl (C=O) groups excluding carboxylic acids is 1. The van der Waals surface area contributed by atoms with Crippen LogP contribution in [-0.4, -0.2) is 21.0 Å². The maximum Gasteiger partial charge on any atom is 0.276 e. The van der Waals surface area contributed by atoms with E-state index in [1.165, 1.54) is 29.6 Å². The first kappa shape index (κ1) is 14.8. The Morgan fingerprint density at radius 2 is 2.19 bits per heavy atom. The van der Waals surface area contributed by atoms with Crippen LogP contribution in [0.1, 0.15) is 17.5 Å². The molecule has 0 saturated heterocycles. The quantitative estimate of drug-likeness (QED) is 0.520. The van der Waals surface area contributed by atoms with Crippen LogP contribution in [0.15, 0.2) is 30.3 Å². The van der Waals surface area contributed by atoms with Gasteiger partial charge in [0.25, 0.3) is 5.69 Å². The summed E-state index contributed by atoms with van der Waals surface area (Å²) in [7, 11) is 0. The summed E-state index contributed by atoms with van der Waals surface area (Å²) < 4.78 is 0. The highest BCUT2D eigenvalue weighted by Gasteiger charge is 2.10. The summed E-state index contributed by atoms with van der Waals surface area (Å²) in [6, 6.07) is 6.20. The van der Waals surface area contributed by atoms with Gasteiger partial charge < -0.3 is 0 Å². The first-order valence-corrected chi connectivity index (χ1v) is 6.96. The van der Waals surface area contributed by atoms with Crippen molar-refractivity contribution in [1.29, 1.82) is 0 Å². The van der Waals surface area contributed by atoms with E-state index in [0.717, 1.165) is 11.4 Å². The standard InChI is InChI=1S/C13H12N4O3S/c1-2-12-15-16-13(21-12)14-11(18)8-7-9-5-3-4-6-10(9)17(19)20/h3-8H,2H2,1H3,(H,14,16,18). The van der Waals surface area contributed by atoms with E-state index in [0.29, 0.717) is 10.7 Å². The second kappa shape index (κ2) is 6.71. The summed E-state index contributed by atoms with van der Waals surface area (Å²) in [6.07, 6.45) is 3.38. The van der Waals surface area contributed by atoms with Gasteiger partial charge in [-0.1, -0.05) is 30.4 Å². The van der Waals surface area contributed by atoms with Crippen LogP contribution < -0.4 is 5.32 Å². The zero-order valence-electron chi connectivity index (χ0n) is 11.1. The number of rotatable bonds is 5. The molecule has 2 rings (SSSR count). The predicted octanol–water partition coefficient (Wildman–Crippen LogP) is 2.66. The molecule has 21 heavy (non-hydrogen) atoms. The second-order valence-electron chi connectivity index (χ2n) is 3.99. The maximum absolute atomic E-state index is 11.7. The van der Waals surface area contributed by atoms with Crippen molar-refractivity contribution in [3.8, 4) is 0 Å². The highest BCUT2D eigenvalue weighted by molar-refractivity contribution is 7.15. The molecule has 0 fully saturated rings. The van der Waals surface area contributed by atoms with Crippen molar-refractivity contribution in [1.82, 2.24) is 10.2 Å². The van der Waals surface area contributed by atoms with Crippen LogP contribution in [0.3, 0.4) is 0 Å². The van der Waals surface area contributed by atoms with Gasteiger partial charge in [0.2, 0.25) is 11.0 Å². The molecule has 0 aliphatic carbocycles. The Morgan fingerprint density at radius 3 is 2.86 bits per heavy atom. The van der Waals surface area contributed by atoms with E-state index in [9.17, 15) is 14.9 Å². The zero-order chi connectivity index (χ0) is 15.2. The van der Waals surface area contributed by atoms with E-state index >= 15 is 0 Å². The molecule has 0 spiro atoms. The minimum atomic E-state index is -0.490. The van der Waals surface area contributed by atoms with Crippen LogP contribution in [0.5, 0.6) is 0 Å². The average Bonchev–Trinajstić information content (AvgIpc) is 2.93. The summed E-state index contributed by atoms with van der Waals surface area (Å²) >= 11 is 1.29. The number of para-hydroxylation sites is 1. The highest BCUT2D eigenvalue weighted by atomic mass is 32.1. The summed E-state index contributed by atoms with van der Waals surface area (Å²) in [4.78, 5) is 22.1. The molecule has 0 aliphatic heterocycles. The number of nitrogens with zero attached hydrogens (tertiary/aromatic N) is 3. The molecule has 8 heteroatoms. The van der Waals surface area contributed by atoms with Gasteiger partial charge in [-0.25, -0.2) is 0 Å². The Bertz CT molecular complexity index is 696. The molecule has 7 nitrogen and oxygen atoms in total. The molecule has 1 heterocycles. The van der Waals surface area contributed by atoms with Crippen molar-refractivity contribution >= 4 is 34.1 Å². The number of hydrogen-bond donors (Lipinski definition) is 1. The Kier molecular flexibility index (Phi) is 4.72. The zero-order valence-corrected chi connectivity index (χ0v) is 12.0. The number of nitro benzene ring substituents is 1. The fourth-order valence-electron chi connectivity index (χ4n) is 1.55. The van der Waals surface area contributed by atoms with Gasteiger partial charge in [0.05, 0.1) is 10.5 Å². The van der Waals surface area contributed by atoms with Crippen LogP contribution in [0, 0.1) is 10.1 Å². The molecule has 108 valence electrons. The molecule has 0 unspecified atom stereocenters. The number of hydrogen-bond acceptors (Lipinski definition) is 6. The number of aromatic nitrogens is 2. The van der Waals surface area contributed by atoms with E-state index in [2.05, 4.69) is 15.5 Å². The van der Waals surface area contributed by atoms with Crippen LogP contribution >= 0.6 is 11.3 Å². The summed E-state index contributed by atoms with van der Waals surface area (Å²) in [5, 5.41) is 22.4. The van der Waals surface area contributed by atoms with Gasteiger partial charge in [-0.3, -0.25) is 20.2 Å². The van der Waals surface area contributed by atoms with Crippen molar-refractivity contribution < 1.29 is 9.72 Å². The SMILES string of the molecule is CCc1nnc(NC(=O)C=Cc2ccccc2[N+](=O)[O-])s1.